The van der Waals surface area contributed by atoms with Crippen LogP contribution >= 0.6 is 0 Å². The lowest BCUT2D eigenvalue weighted by atomic mass is 9.89. The van der Waals surface area contributed by atoms with Gasteiger partial charge in [0.05, 0.1) is 36.0 Å². The number of nitrogens with one attached hydrogen (secondary N) is 4. The summed E-state index contributed by atoms with van der Waals surface area (Å²) < 4.78 is 35.5. The molecule has 86 heavy (non-hydrogen) atoms. The van der Waals surface area contributed by atoms with Crippen LogP contribution in [0.3, 0.4) is 0 Å². The molecule has 6 aromatic rings. The van der Waals surface area contributed by atoms with E-state index < -0.39 is 71.4 Å². The highest BCUT2D eigenvalue weighted by Gasteiger charge is 2.30. The Labute approximate surface area is 498 Å². The average molecular weight is 1170 g/mol. The molecule has 4 amide bonds. The number of aryl methyl sites for hydroxylation is 3. The summed E-state index contributed by atoms with van der Waals surface area (Å²) in [5.74, 6) is -5.58. The van der Waals surface area contributed by atoms with Crippen molar-refractivity contribution in [3.05, 3.63) is 207 Å². The van der Waals surface area contributed by atoms with Crippen molar-refractivity contribution in [1.29, 1.82) is 0 Å². The number of fused-ring (bicyclic) bond motifs is 2. The minimum absolute atomic E-state index is 0.0457. The lowest BCUT2D eigenvalue weighted by molar-refractivity contribution is -0.132. The van der Waals surface area contributed by atoms with Crippen molar-refractivity contribution in [2.45, 2.75) is 71.6 Å². The molecule has 6 aromatic carbocycles. The molecule has 0 spiro atoms. The van der Waals surface area contributed by atoms with Crippen molar-refractivity contribution in [1.82, 2.24) is 20.5 Å². The van der Waals surface area contributed by atoms with Gasteiger partial charge in [-0.3, -0.25) is 24.0 Å². The second-order valence-electron chi connectivity index (χ2n) is 21.6. The molecule has 444 valence electrons. The van der Waals surface area contributed by atoms with Gasteiger partial charge < -0.3 is 45.2 Å². The molecule has 2 aliphatic rings. The van der Waals surface area contributed by atoms with Gasteiger partial charge in [-0.25, -0.2) is 18.6 Å². The highest BCUT2D eigenvalue weighted by atomic mass is 19.1. The molecule has 0 radical (unpaired) electrons. The summed E-state index contributed by atoms with van der Waals surface area (Å²) in [5.41, 5.74) is 7.07. The predicted octanol–water partition coefficient (Wildman–Crippen LogP) is 9.46. The molecule has 1 aliphatic carbocycles. The Morgan fingerprint density at radius 2 is 1.43 bits per heavy atom. The molecule has 0 fully saturated rings. The van der Waals surface area contributed by atoms with Crippen LogP contribution in [0.25, 0.3) is 33.4 Å². The molecule has 0 unspecified atom stereocenters. The van der Waals surface area contributed by atoms with Gasteiger partial charge in [0.1, 0.15) is 43.3 Å². The number of anilines is 2. The molecule has 1 heterocycles. The maximum atomic E-state index is 15.8. The number of nitrogens with zero attached hydrogens (tertiary/aromatic N) is 2. The van der Waals surface area contributed by atoms with E-state index in [2.05, 4.69) is 21.3 Å². The van der Waals surface area contributed by atoms with E-state index in [9.17, 15) is 38.7 Å². The number of carbonyl (C=O) groups is 7. The van der Waals surface area contributed by atoms with Crippen LogP contribution in [-0.2, 0) is 36.9 Å². The first-order valence-corrected chi connectivity index (χ1v) is 28.2. The summed E-state index contributed by atoms with van der Waals surface area (Å²) in [6.45, 7) is 4.73. The second kappa shape index (κ2) is 28.6. The number of ether oxygens (including phenoxy) is 2. The first-order valence-electron chi connectivity index (χ1n) is 28.2. The number of esters is 1. The summed E-state index contributed by atoms with van der Waals surface area (Å²) in [5, 5.41) is 23.0. The van der Waals surface area contributed by atoms with Gasteiger partial charge in [-0.1, -0.05) is 90.8 Å². The third kappa shape index (κ3) is 15.9. The fourth-order valence-electron chi connectivity index (χ4n) is 10.0. The third-order valence-electron chi connectivity index (χ3n) is 14.6. The average Bonchev–Trinajstić information content (AvgIpc) is 2.36. The number of hydrogen-bond donors (Lipinski definition) is 5. The molecule has 0 aromatic heterocycles. The molecule has 17 nitrogen and oxygen atoms in total. The Kier molecular flexibility index (Phi) is 20.7. The summed E-state index contributed by atoms with van der Waals surface area (Å²) >= 11 is 0. The van der Waals surface area contributed by atoms with E-state index in [0.717, 1.165) is 28.2 Å². The Morgan fingerprint density at radius 3 is 2.14 bits per heavy atom. The second-order valence-corrected chi connectivity index (χ2v) is 21.6. The fourth-order valence-corrected chi connectivity index (χ4v) is 10.0. The number of aromatic carboxylic acids is 1. The van der Waals surface area contributed by atoms with Crippen LogP contribution in [0.1, 0.15) is 94.9 Å². The normalized spacial score (nSPS) is 11.8. The maximum Gasteiger partial charge on any atom is 0.339 e. The van der Waals surface area contributed by atoms with Crippen LogP contribution in [0.15, 0.2) is 150 Å². The Balaban J connectivity index is 0.861. The van der Waals surface area contributed by atoms with Gasteiger partial charge >= 0.3 is 11.9 Å². The summed E-state index contributed by atoms with van der Waals surface area (Å²) in [7, 11) is 7.68. The third-order valence-corrected chi connectivity index (χ3v) is 14.6. The molecule has 5 N–H and O–H groups in total. The van der Waals surface area contributed by atoms with E-state index >= 15 is 4.39 Å². The summed E-state index contributed by atoms with van der Waals surface area (Å²) in [6.07, 6.45) is 1.49. The minimum atomic E-state index is -1.33. The van der Waals surface area contributed by atoms with Gasteiger partial charge in [-0.15, -0.1) is 0 Å². The Morgan fingerprint density at radius 1 is 0.698 bits per heavy atom. The number of carboxylic acids is 1. The number of hydrogen-bond acceptors (Lipinski definition) is 11. The topological polar surface area (TPSA) is 226 Å². The number of benzene rings is 7. The zero-order valence-corrected chi connectivity index (χ0v) is 49.2. The number of amides is 4. The van der Waals surface area contributed by atoms with Crippen LogP contribution in [0.4, 0.5) is 15.8 Å². The first kappa shape index (κ1) is 62.2. The molecular formula is C68H70FN6O11+. The smallest absolute Gasteiger partial charge is 0.339 e. The standard InChI is InChI=1S/C68H69FN6O11/c1-41-16-14-21-45(32-41)33-56(66(80)73-57(39-84-38-44-19-10-8-11-20-44)58(76)40-85-68(83)62-42(2)17-15-18-43(62)3)72-65(79)51-28-24-47(35-55(51)69)71-61(77)22-12-9-13-31-70-64(78)46-23-27-50(54(34-46)67(81)82)63-52-29-25-48(74(4)5)36-59(52)86-60-37-49(75(6)7)26-30-53(60)63/h8,10-11,14-21,23-30,32,34-37,56-57H,9,12-13,22,31,33,38-40H2,1-7H3,(H4-,70,71,72,73,77,78,79,80,81,82)/p+1/t56-,57-/m0/s1. The lowest BCUT2D eigenvalue weighted by Crippen LogP contribution is -2.54. The van der Waals surface area contributed by atoms with Gasteiger partial charge in [-0.05, 0) is 110 Å². The first-order chi connectivity index (χ1) is 41.2. The van der Waals surface area contributed by atoms with E-state index in [0.29, 0.717) is 74.9 Å². The molecule has 0 bridgehead atoms. The number of Topliss-reactive ketones (excluding diaryl/α,β-unsaturated/α-hetero) is 1. The summed E-state index contributed by atoms with van der Waals surface area (Å²) in [6, 6.07) is 38.7. The van der Waals surface area contributed by atoms with Crippen molar-refractivity contribution in [3.63, 3.8) is 0 Å². The van der Waals surface area contributed by atoms with Gasteiger partial charge in [0.15, 0.2) is 12.4 Å². The van der Waals surface area contributed by atoms with Crippen LogP contribution in [0, 0.1) is 26.6 Å². The van der Waals surface area contributed by atoms with Gasteiger partial charge in [-0.2, -0.15) is 0 Å². The molecular weight excluding hydrogens is 1100 g/mol. The van der Waals surface area contributed by atoms with E-state index in [1.807, 2.05) is 123 Å². The number of halogens is 1. The minimum Gasteiger partial charge on any atom is -0.478 e. The van der Waals surface area contributed by atoms with E-state index in [-0.39, 0.29) is 49.4 Å². The number of rotatable bonds is 25. The van der Waals surface area contributed by atoms with Crippen LogP contribution in [0.5, 0.6) is 0 Å². The summed E-state index contributed by atoms with van der Waals surface area (Å²) in [4.78, 5) is 96.4. The molecule has 8 rings (SSSR count). The van der Waals surface area contributed by atoms with Gasteiger partial charge in [0.25, 0.3) is 11.8 Å². The molecule has 2 atom stereocenters. The fraction of sp³-hybridized carbons (Fsp3) is 0.265. The quantitative estimate of drug-likeness (QED) is 0.0156. The van der Waals surface area contributed by atoms with Crippen LogP contribution in [0.2, 0.25) is 0 Å². The van der Waals surface area contributed by atoms with Crippen molar-refractivity contribution < 1.29 is 56.9 Å². The van der Waals surface area contributed by atoms with Crippen LogP contribution < -0.4 is 36.1 Å². The number of carboxylic acid groups (broad SMARTS) is 1. The van der Waals surface area contributed by atoms with Gasteiger partial charge in [0, 0.05) is 79.1 Å². The highest BCUT2D eigenvalue weighted by Crippen LogP contribution is 2.42. The van der Waals surface area contributed by atoms with Crippen molar-refractivity contribution in [2.75, 3.05) is 58.2 Å². The monoisotopic (exact) mass is 1170 g/mol. The highest BCUT2D eigenvalue weighted by molar-refractivity contribution is 6.09. The molecule has 1 aliphatic heterocycles. The van der Waals surface area contributed by atoms with E-state index in [4.69, 9.17) is 13.9 Å². The van der Waals surface area contributed by atoms with E-state index in [1.54, 1.807) is 56.3 Å². The van der Waals surface area contributed by atoms with E-state index in [1.165, 1.54) is 18.2 Å². The maximum absolute atomic E-state index is 15.8. The van der Waals surface area contributed by atoms with Crippen molar-refractivity contribution >= 4 is 63.7 Å². The Bertz CT molecular complexity index is 3870. The zero-order chi connectivity index (χ0) is 61.6. The SMILES string of the molecule is Cc1cccc(C[C@H](NC(=O)c2ccc(NC(=O)CCCCCNC(=O)c3ccc(-c4c5ccc(=[N+](C)C)cc-5oc5cc(N(C)C)ccc45)c(C(=O)O)c3)cc2F)C(=O)N[C@@H](COCc2ccccc2)C(=O)COC(=O)c2c(C)cccc2C)c1. The molecule has 18 heteroatoms. The molecule has 0 saturated heterocycles. The van der Waals surface area contributed by atoms with Gasteiger partial charge in [0.2, 0.25) is 17.2 Å². The molecule has 0 saturated carbocycles. The number of unbranched alkanes of at least 4 members (excludes halogenated alkanes) is 2. The lowest BCUT2D eigenvalue weighted by Gasteiger charge is -2.23. The van der Waals surface area contributed by atoms with Crippen molar-refractivity contribution in [2.24, 2.45) is 0 Å². The van der Waals surface area contributed by atoms with Crippen LogP contribution in [-0.4, -0.2) is 106 Å². The zero-order valence-electron chi connectivity index (χ0n) is 49.2. The predicted molar refractivity (Wildman–Crippen MR) is 328 cm³/mol. The number of carbonyl (C=O) groups excluding carboxylic acids is 6. The Hall–Kier alpha value is -9.81. The largest absolute Gasteiger partial charge is 0.478 e. The number of ketones is 1. The van der Waals surface area contributed by atoms with Crippen molar-refractivity contribution in [3.8, 4) is 22.5 Å².